The van der Waals surface area contributed by atoms with Crippen LogP contribution in [0.5, 0.6) is 0 Å². The maximum absolute atomic E-state index is 2.45. The molecule has 312 valence electrons. The first kappa shape index (κ1) is 38.0. The van der Waals surface area contributed by atoms with Gasteiger partial charge in [-0.2, -0.15) is 0 Å². The van der Waals surface area contributed by atoms with Crippen molar-refractivity contribution in [3.8, 4) is 55.6 Å². The number of rotatable bonds is 6. The zero-order valence-electron chi connectivity index (χ0n) is 36.5. The summed E-state index contributed by atoms with van der Waals surface area (Å²) in [6, 6.07) is 92.4. The van der Waals surface area contributed by atoms with Crippen molar-refractivity contribution in [1.82, 2.24) is 0 Å². The normalized spacial score (nSPS) is 12.9. The van der Waals surface area contributed by atoms with Crippen molar-refractivity contribution in [1.29, 1.82) is 0 Å². The first-order valence-electron chi connectivity index (χ1n) is 23.2. The lowest BCUT2D eigenvalue weighted by atomic mass is 9.70. The highest BCUT2D eigenvalue weighted by Gasteiger charge is 2.52. The standard InChI is InChI=1S/C65H41NS/c1-2-18-47-42(16-1)17-13-24-48(47)43-34-38-45(39-35-43)66(61-32-11-6-21-52(61)54-26-14-27-55-53-22-7-12-33-62(53)67-64(54)55)46-40-36-44(37-41-46)49-25-15-31-60-63(49)56-23-5-10-30-59(56)65(60)57-28-8-3-19-50(57)51-20-4-9-29-58(51)65/h1-41H. The van der Waals surface area contributed by atoms with E-state index in [1.165, 1.54) is 109 Å². The van der Waals surface area contributed by atoms with E-state index in [-0.39, 0.29) is 5.41 Å². The number of fused-ring (bicyclic) bond motifs is 14. The van der Waals surface area contributed by atoms with E-state index in [0.717, 1.165) is 17.1 Å². The van der Waals surface area contributed by atoms with Gasteiger partial charge < -0.3 is 4.90 Å². The molecule has 0 N–H and O–H groups in total. The summed E-state index contributed by atoms with van der Waals surface area (Å²) in [6.45, 7) is 0. The van der Waals surface area contributed by atoms with Crippen LogP contribution < -0.4 is 4.90 Å². The van der Waals surface area contributed by atoms with Crippen LogP contribution in [-0.4, -0.2) is 0 Å². The first-order valence-corrected chi connectivity index (χ1v) is 24.0. The number of anilines is 3. The van der Waals surface area contributed by atoms with Crippen LogP contribution in [0.25, 0.3) is 86.6 Å². The van der Waals surface area contributed by atoms with Crippen LogP contribution in [0, 0.1) is 0 Å². The maximum Gasteiger partial charge on any atom is 0.0725 e. The van der Waals surface area contributed by atoms with Gasteiger partial charge in [0.15, 0.2) is 0 Å². The Kier molecular flexibility index (Phi) is 8.44. The molecular formula is C65H41NS. The maximum atomic E-state index is 2.45. The Labute approximate surface area is 394 Å². The Morgan fingerprint density at radius 3 is 1.49 bits per heavy atom. The van der Waals surface area contributed by atoms with Gasteiger partial charge in [0.05, 0.1) is 11.1 Å². The second kappa shape index (κ2) is 14.9. The lowest BCUT2D eigenvalue weighted by Crippen LogP contribution is -2.25. The Balaban J connectivity index is 0.938. The van der Waals surface area contributed by atoms with Gasteiger partial charge in [-0.15, -0.1) is 11.3 Å². The highest BCUT2D eigenvalue weighted by atomic mass is 32.1. The summed E-state index contributed by atoms with van der Waals surface area (Å²) in [5.41, 5.74) is 21.0. The molecule has 0 saturated heterocycles. The van der Waals surface area contributed by atoms with E-state index in [9.17, 15) is 0 Å². The largest absolute Gasteiger partial charge is 0.310 e. The van der Waals surface area contributed by atoms with Crippen molar-refractivity contribution >= 4 is 59.3 Å². The average Bonchev–Trinajstić information content (AvgIpc) is 4.04. The molecule has 11 aromatic carbocycles. The number of hydrogen-bond donors (Lipinski definition) is 0. The van der Waals surface area contributed by atoms with E-state index in [1.54, 1.807) is 0 Å². The Morgan fingerprint density at radius 1 is 0.299 bits per heavy atom. The Bertz CT molecular complexity index is 3880. The topological polar surface area (TPSA) is 3.24 Å². The number of hydrogen-bond acceptors (Lipinski definition) is 2. The van der Waals surface area contributed by atoms with E-state index in [2.05, 4.69) is 254 Å². The van der Waals surface area contributed by atoms with Gasteiger partial charge in [-0.25, -0.2) is 0 Å². The van der Waals surface area contributed by atoms with Crippen molar-refractivity contribution < 1.29 is 0 Å². The molecule has 12 aromatic rings. The van der Waals surface area contributed by atoms with Gasteiger partial charge in [0.2, 0.25) is 0 Å². The zero-order chi connectivity index (χ0) is 44.1. The summed E-state index contributed by atoms with van der Waals surface area (Å²) in [4.78, 5) is 2.45. The van der Waals surface area contributed by atoms with Crippen LogP contribution in [0.4, 0.5) is 17.1 Å². The molecule has 1 heterocycles. The van der Waals surface area contributed by atoms with E-state index in [4.69, 9.17) is 0 Å². The van der Waals surface area contributed by atoms with Gasteiger partial charge in [0, 0.05) is 42.7 Å². The molecule has 14 rings (SSSR count). The van der Waals surface area contributed by atoms with Crippen LogP contribution in [0.2, 0.25) is 0 Å². The first-order chi connectivity index (χ1) is 33.3. The summed E-state index contributed by atoms with van der Waals surface area (Å²) in [6.07, 6.45) is 0. The van der Waals surface area contributed by atoms with Gasteiger partial charge in [-0.3, -0.25) is 0 Å². The predicted octanol–water partition coefficient (Wildman–Crippen LogP) is 18.0. The molecule has 2 aliphatic rings. The van der Waals surface area contributed by atoms with Crippen LogP contribution in [0.15, 0.2) is 249 Å². The number of para-hydroxylation sites is 1. The summed E-state index contributed by atoms with van der Waals surface area (Å²) >= 11 is 1.88. The van der Waals surface area contributed by atoms with Crippen LogP contribution in [0.3, 0.4) is 0 Å². The van der Waals surface area contributed by atoms with Crippen molar-refractivity contribution in [3.05, 3.63) is 271 Å². The highest BCUT2D eigenvalue weighted by Crippen LogP contribution is 2.64. The molecule has 1 nitrogen and oxygen atoms in total. The zero-order valence-corrected chi connectivity index (χ0v) is 37.3. The number of benzene rings is 11. The molecule has 0 atom stereocenters. The van der Waals surface area contributed by atoms with E-state index < -0.39 is 0 Å². The minimum atomic E-state index is -0.384. The smallest absolute Gasteiger partial charge is 0.0725 e. The Morgan fingerprint density at radius 2 is 0.761 bits per heavy atom. The fourth-order valence-corrected chi connectivity index (χ4v) is 13.0. The molecule has 0 unspecified atom stereocenters. The second-order valence-corrected chi connectivity index (χ2v) is 18.9. The number of thiophene rings is 1. The van der Waals surface area contributed by atoms with Gasteiger partial charge >= 0.3 is 0 Å². The van der Waals surface area contributed by atoms with Crippen LogP contribution in [-0.2, 0) is 5.41 Å². The molecular weight excluding hydrogens is 827 g/mol. The van der Waals surface area contributed by atoms with Crippen molar-refractivity contribution in [2.24, 2.45) is 0 Å². The molecule has 2 aliphatic carbocycles. The fourth-order valence-electron chi connectivity index (χ4n) is 11.7. The van der Waals surface area contributed by atoms with Crippen molar-refractivity contribution in [2.75, 3.05) is 4.90 Å². The molecule has 2 heteroatoms. The van der Waals surface area contributed by atoms with Gasteiger partial charge in [-0.05, 0) is 114 Å². The third-order valence-electron chi connectivity index (χ3n) is 14.5. The molecule has 1 spiro atoms. The summed E-state index contributed by atoms with van der Waals surface area (Å²) < 4.78 is 2.61. The van der Waals surface area contributed by atoms with Gasteiger partial charge in [-0.1, -0.05) is 212 Å². The molecule has 67 heavy (non-hydrogen) atoms. The summed E-state index contributed by atoms with van der Waals surface area (Å²) in [5, 5.41) is 5.11. The van der Waals surface area contributed by atoms with Crippen LogP contribution >= 0.6 is 11.3 Å². The average molecular weight is 868 g/mol. The molecule has 1 aromatic heterocycles. The lowest BCUT2D eigenvalue weighted by molar-refractivity contribution is 0.794. The fraction of sp³-hybridized carbons (Fsp3) is 0.0154. The quantitative estimate of drug-likeness (QED) is 0.161. The van der Waals surface area contributed by atoms with Crippen LogP contribution in [0.1, 0.15) is 22.3 Å². The monoisotopic (exact) mass is 867 g/mol. The highest BCUT2D eigenvalue weighted by molar-refractivity contribution is 7.26. The molecule has 0 radical (unpaired) electrons. The predicted molar refractivity (Wildman–Crippen MR) is 284 cm³/mol. The van der Waals surface area contributed by atoms with Gasteiger partial charge in [0.25, 0.3) is 0 Å². The van der Waals surface area contributed by atoms with Gasteiger partial charge in [0.1, 0.15) is 0 Å². The molecule has 0 amide bonds. The third kappa shape index (κ3) is 5.54. The van der Waals surface area contributed by atoms with Crippen molar-refractivity contribution in [3.63, 3.8) is 0 Å². The van der Waals surface area contributed by atoms with E-state index in [0.29, 0.717) is 0 Å². The molecule has 0 aliphatic heterocycles. The number of nitrogens with zero attached hydrogens (tertiary/aromatic N) is 1. The SMILES string of the molecule is c1ccc(N(c2ccc(-c3cccc4c3-c3ccccc3C43c4ccccc4-c4ccccc43)cc2)c2ccc(-c3cccc4ccccc34)cc2)c(-c2cccc3c2sc2ccccc23)c1. The molecule has 0 fully saturated rings. The minimum Gasteiger partial charge on any atom is -0.310 e. The second-order valence-electron chi connectivity index (χ2n) is 17.9. The van der Waals surface area contributed by atoms with E-state index >= 15 is 0 Å². The summed E-state index contributed by atoms with van der Waals surface area (Å²) in [7, 11) is 0. The molecule has 0 saturated carbocycles. The minimum absolute atomic E-state index is 0.384. The summed E-state index contributed by atoms with van der Waals surface area (Å²) in [5.74, 6) is 0. The van der Waals surface area contributed by atoms with Crippen molar-refractivity contribution in [2.45, 2.75) is 5.41 Å². The lowest BCUT2D eigenvalue weighted by Gasteiger charge is -2.30. The molecule has 0 bridgehead atoms. The van der Waals surface area contributed by atoms with E-state index in [1.807, 2.05) is 11.3 Å². The third-order valence-corrected chi connectivity index (χ3v) is 15.7. The Hall–Kier alpha value is -8.30.